The van der Waals surface area contributed by atoms with E-state index < -0.39 is 0 Å². The highest BCUT2D eigenvalue weighted by atomic mass is 79.9. The number of hydrogen-bond acceptors (Lipinski definition) is 4. The standard InChI is InChI=1S/C18H17BrN2O3/c1-21(11-13-3-6-15(19)7-4-13)18(22)12-24-16-8-5-14(10-20)9-17(16)23-2/h3-9H,11-12H2,1-2H3. The van der Waals surface area contributed by atoms with Gasteiger partial charge in [-0.15, -0.1) is 0 Å². The maximum atomic E-state index is 12.2. The molecule has 2 aromatic rings. The molecule has 0 spiro atoms. The van der Waals surface area contributed by atoms with Crippen LogP contribution in [0.3, 0.4) is 0 Å². The van der Waals surface area contributed by atoms with Crippen molar-refractivity contribution in [3.05, 3.63) is 58.1 Å². The van der Waals surface area contributed by atoms with Gasteiger partial charge in [0.2, 0.25) is 0 Å². The number of carbonyl (C=O) groups is 1. The van der Waals surface area contributed by atoms with Crippen molar-refractivity contribution in [1.29, 1.82) is 5.26 Å². The van der Waals surface area contributed by atoms with Crippen LogP contribution in [0.4, 0.5) is 0 Å². The zero-order chi connectivity index (χ0) is 17.5. The summed E-state index contributed by atoms with van der Waals surface area (Å²) in [5.74, 6) is 0.712. The van der Waals surface area contributed by atoms with Crippen LogP contribution in [0.1, 0.15) is 11.1 Å². The van der Waals surface area contributed by atoms with E-state index >= 15 is 0 Å². The maximum absolute atomic E-state index is 12.2. The van der Waals surface area contributed by atoms with Crippen LogP contribution in [-0.2, 0) is 11.3 Å². The molecule has 5 nitrogen and oxygen atoms in total. The highest BCUT2D eigenvalue weighted by Crippen LogP contribution is 2.27. The first-order chi connectivity index (χ1) is 11.5. The first-order valence-corrected chi connectivity index (χ1v) is 8.02. The summed E-state index contributed by atoms with van der Waals surface area (Å²) in [5, 5.41) is 8.89. The number of methoxy groups -OCH3 is 1. The highest BCUT2D eigenvalue weighted by Gasteiger charge is 2.12. The Hall–Kier alpha value is -2.52. The molecule has 0 bridgehead atoms. The average Bonchev–Trinajstić information content (AvgIpc) is 2.61. The molecule has 0 saturated carbocycles. The van der Waals surface area contributed by atoms with Crippen LogP contribution in [-0.4, -0.2) is 31.6 Å². The summed E-state index contributed by atoms with van der Waals surface area (Å²) in [6.45, 7) is 0.398. The lowest BCUT2D eigenvalue weighted by Gasteiger charge is -2.18. The summed E-state index contributed by atoms with van der Waals surface area (Å²) in [5.41, 5.74) is 1.50. The quantitative estimate of drug-likeness (QED) is 0.760. The minimum Gasteiger partial charge on any atom is -0.493 e. The molecule has 0 radical (unpaired) electrons. The van der Waals surface area contributed by atoms with E-state index in [-0.39, 0.29) is 12.5 Å². The summed E-state index contributed by atoms with van der Waals surface area (Å²) in [4.78, 5) is 13.8. The second-order valence-corrected chi connectivity index (χ2v) is 6.06. The van der Waals surface area contributed by atoms with E-state index in [1.54, 1.807) is 30.1 Å². The van der Waals surface area contributed by atoms with Crippen molar-refractivity contribution >= 4 is 21.8 Å². The number of rotatable bonds is 6. The van der Waals surface area contributed by atoms with E-state index in [1.165, 1.54) is 7.11 Å². The van der Waals surface area contributed by atoms with Crippen LogP contribution in [0.2, 0.25) is 0 Å². The molecule has 24 heavy (non-hydrogen) atoms. The molecule has 0 unspecified atom stereocenters. The van der Waals surface area contributed by atoms with E-state index in [0.717, 1.165) is 10.0 Å². The van der Waals surface area contributed by atoms with Crippen molar-refractivity contribution in [2.24, 2.45) is 0 Å². The van der Waals surface area contributed by atoms with Crippen molar-refractivity contribution in [2.75, 3.05) is 20.8 Å². The molecule has 1 amide bonds. The molecule has 0 aromatic heterocycles. The smallest absolute Gasteiger partial charge is 0.260 e. The minimum atomic E-state index is -0.149. The molecule has 2 rings (SSSR count). The maximum Gasteiger partial charge on any atom is 0.260 e. The predicted octanol–water partition coefficient (Wildman–Crippen LogP) is 3.37. The molecule has 0 aliphatic rings. The van der Waals surface area contributed by atoms with Crippen LogP contribution in [0.25, 0.3) is 0 Å². The van der Waals surface area contributed by atoms with Crippen molar-refractivity contribution in [3.63, 3.8) is 0 Å². The van der Waals surface area contributed by atoms with Gasteiger partial charge in [-0.1, -0.05) is 28.1 Å². The molecule has 0 N–H and O–H groups in total. The van der Waals surface area contributed by atoms with Gasteiger partial charge in [-0.05, 0) is 29.8 Å². The fourth-order valence-corrected chi connectivity index (χ4v) is 2.32. The minimum absolute atomic E-state index is 0.102. The Morgan fingerprint density at radius 2 is 1.92 bits per heavy atom. The Morgan fingerprint density at radius 3 is 2.54 bits per heavy atom. The van der Waals surface area contributed by atoms with Gasteiger partial charge in [-0.2, -0.15) is 5.26 Å². The van der Waals surface area contributed by atoms with E-state index in [9.17, 15) is 4.79 Å². The zero-order valence-electron chi connectivity index (χ0n) is 13.5. The van der Waals surface area contributed by atoms with Gasteiger partial charge in [0.05, 0.1) is 18.7 Å². The predicted molar refractivity (Wildman–Crippen MR) is 93.8 cm³/mol. The SMILES string of the molecule is COc1cc(C#N)ccc1OCC(=O)N(C)Cc1ccc(Br)cc1. The lowest BCUT2D eigenvalue weighted by Crippen LogP contribution is -2.31. The molecule has 0 aliphatic carbocycles. The second kappa shape index (κ2) is 8.37. The number of likely N-dealkylation sites (N-methyl/N-ethyl adjacent to an activating group) is 1. The first-order valence-electron chi connectivity index (χ1n) is 7.23. The fraction of sp³-hybridized carbons (Fsp3) is 0.222. The summed E-state index contributed by atoms with van der Waals surface area (Å²) < 4.78 is 11.7. The van der Waals surface area contributed by atoms with E-state index in [4.69, 9.17) is 14.7 Å². The molecule has 6 heteroatoms. The number of carbonyl (C=O) groups excluding carboxylic acids is 1. The van der Waals surface area contributed by atoms with Crippen LogP contribution in [0.5, 0.6) is 11.5 Å². The fourth-order valence-electron chi connectivity index (χ4n) is 2.06. The molecule has 0 heterocycles. The number of ether oxygens (including phenoxy) is 2. The third-order valence-electron chi connectivity index (χ3n) is 3.40. The highest BCUT2D eigenvalue weighted by molar-refractivity contribution is 9.10. The van der Waals surface area contributed by atoms with Crippen LogP contribution in [0, 0.1) is 11.3 Å². The molecule has 0 aliphatic heterocycles. The number of halogens is 1. The summed E-state index contributed by atoms with van der Waals surface area (Å²) in [7, 11) is 3.22. The van der Waals surface area contributed by atoms with Gasteiger partial charge >= 0.3 is 0 Å². The number of nitrogens with zero attached hydrogens (tertiary/aromatic N) is 2. The first kappa shape index (κ1) is 17.8. The third-order valence-corrected chi connectivity index (χ3v) is 3.93. The van der Waals surface area contributed by atoms with Crippen molar-refractivity contribution in [2.45, 2.75) is 6.54 Å². The molecule has 2 aromatic carbocycles. The topological polar surface area (TPSA) is 62.6 Å². The molecule has 124 valence electrons. The van der Waals surface area contributed by atoms with Crippen molar-refractivity contribution in [1.82, 2.24) is 4.90 Å². The monoisotopic (exact) mass is 388 g/mol. The Labute approximate surface area is 149 Å². The molecule has 0 atom stereocenters. The van der Waals surface area contributed by atoms with Crippen molar-refractivity contribution in [3.8, 4) is 17.6 Å². The van der Waals surface area contributed by atoms with Crippen LogP contribution in [0.15, 0.2) is 46.9 Å². The van der Waals surface area contributed by atoms with Gasteiger partial charge < -0.3 is 14.4 Å². The summed E-state index contributed by atoms with van der Waals surface area (Å²) in [6, 6.07) is 14.6. The lowest BCUT2D eigenvalue weighted by molar-refractivity contribution is -0.132. The zero-order valence-corrected chi connectivity index (χ0v) is 15.0. The van der Waals surface area contributed by atoms with Gasteiger partial charge in [-0.3, -0.25) is 4.79 Å². The van der Waals surface area contributed by atoms with Gasteiger partial charge in [-0.25, -0.2) is 0 Å². The average molecular weight is 389 g/mol. The number of benzene rings is 2. The van der Waals surface area contributed by atoms with Gasteiger partial charge in [0, 0.05) is 24.1 Å². The third kappa shape index (κ3) is 4.74. The molecular formula is C18H17BrN2O3. The molecule has 0 saturated heterocycles. The number of nitriles is 1. The Morgan fingerprint density at radius 1 is 1.21 bits per heavy atom. The number of amides is 1. The van der Waals surface area contributed by atoms with Gasteiger partial charge in [0.15, 0.2) is 18.1 Å². The van der Waals surface area contributed by atoms with Gasteiger partial charge in [0.1, 0.15) is 0 Å². The van der Waals surface area contributed by atoms with Crippen molar-refractivity contribution < 1.29 is 14.3 Å². The van der Waals surface area contributed by atoms with E-state index in [1.807, 2.05) is 30.3 Å². The number of hydrogen-bond donors (Lipinski definition) is 0. The largest absolute Gasteiger partial charge is 0.493 e. The summed E-state index contributed by atoms with van der Waals surface area (Å²) in [6.07, 6.45) is 0. The second-order valence-electron chi connectivity index (χ2n) is 5.14. The van der Waals surface area contributed by atoms with Gasteiger partial charge in [0.25, 0.3) is 5.91 Å². The van der Waals surface area contributed by atoms with E-state index in [2.05, 4.69) is 15.9 Å². The van der Waals surface area contributed by atoms with Crippen LogP contribution >= 0.6 is 15.9 Å². The molecular weight excluding hydrogens is 372 g/mol. The van der Waals surface area contributed by atoms with E-state index in [0.29, 0.717) is 23.6 Å². The molecule has 0 fully saturated rings. The Bertz CT molecular complexity index is 754. The van der Waals surface area contributed by atoms with Crippen LogP contribution < -0.4 is 9.47 Å². The summed E-state index contributed by atoms with van der Waals surface area (Å²) >= 11 is 3.38. The Kier molecular flexibility index (Phi) is 6.21. The normalized spacial score (nSPS) is 9.92. The Balaban J connectivity index is 1.95. The lowest BCUT2D eigenvalue weighted by atomic mass is 10.2.